The smallest absolute Gasteiger partial charge is 0.336 e. The molecule has 1 aromatic rings. The van der Waals surface area contributed by atoms with E-state index in [2.05, 4.69) is 0 Å². The van der Waals surface area contributed by atoms with Crippen molar-refractivity contribution in [2.45, 2.75) is 29.8 Å². The highest BCUT2D eigenvalue weighted by atomic mass is 35.5. The summed E-state index contributed by atoms with van der Waals surface area (Å²) in [6.45, 7) is 3.10. The molecule has 2 N–H and O–H groups in total. The van der Waals surface area contributed by atoms with Gasteiger partial charge < -0.3 is 10.6 Å². The highest BCUT2D eigenvalue weighted by Gasteiger charge is 2.32. The van der Waals surface area contributed by atoms with Crippen molar-refractivity contribution in [1.82, 2.24) is 4.90 Å². The highest BCUT2D eigenvalue weighted by Crippen LogP contribution is 2.36. The van der Waals surface area contributed by atoms with E-state index >= 15 is 0 Å². The Morgan fingerprint density at radius 1 is 1.36 bits per heavy atom. The monoisotopic (exact) mass is 354 g/mol. The van der Waals surface area contributed by atoms with Gasteiger partial charge in [0.25, 0.3) is 5.91 Å². The highest BCUT2D eigenvalue weighted by molar-refractivity contribution is 8.00. The van der Waals surface area contributed by atoms with Crippen molar-refractivity contribution in [3.8, 4) is 0 Å². The van der Waals surface area contributed by atoms with Gasteiger partial charge in [-0.25, -0.2) is 0 Å². The molecular weight excluding hydrogens is 337 g/mol. The maximum Gasteiger partial charge on any atom is 0.446 e. The minimum Gasteiger partial charge on any atom is -0.336 e. The van der Waals surface area contributed by atoms with Gasteiger partial charge in [-0.15, -0.1) is 12.4 Å². The minimum atomic E-state index is -4.32. The van der Waals surface area contributed by atoms with E-state index < -0.39 is 5.51 Å². The molecule has 3 nitrogen and oxygen atoms in total. The normalized spacial score (nSPS) is 21.6. The molecule has 1 heterocycles. The lowest BCUT2D eigenvalue weighted by atomic mass is 10.1. The molecule has 8 heteroatoms. The molecule has 0 radical (unpaired) electrons. The van der Waals surface area contributed by atoms with Crippen molar-refractivity contribution in [2.24, 2.45) is 11.7 Å². The van der Waals surface area contributed by atoms with Crippen molar-refractivity contribution in [3.63, 3.8) is 0 Å². The van der Waals surface area contributed by atoms with Gasteiger partial charge in [-0.3, -0.25) is 4.79 Å². The quantitative estimate of drug-likeness (QED) is 0.845. The molecule has 1 aliphatic rings. The number of alkyl halides is 3. The van der Waals surface area contributed by atoms with Gasteiger partial charge in [-0.1, -0.05) is 0 Å². The number of rotatable bonds is 3. The first-order valence-electron chi connectivity index (χ1n) is 6.67. The van der Waals surface area contributed by atoms with Crippen LogP contribution < -0.4 is 5.73 Å². The summed E-state index contributed by atoms with van der Waals surface area (Å²) in [6, 6.07) is 5.65. The number of carbonyl (C=O) groups excluding carboxylic acids is 1. The summed E-state index contributed by atoms with van der Waals surface area (Å²) in [7, 11) is 0. The maximum atomic E-state index is 12.4. The Labute approximate surface area is 137 Å². The lowest BCUT2D eigenvalue weighted by Gasteiger charge is -2.21. The number of hydrogen-bond acceptors (Lipinski definition) is 3. The van der Waals surface area contributed by atoms with Crippen molar-refractivity contribution < 1.29 is 18.0 Å². The second-order valence-corrected chi connectivity index (χ2v) is 6.35. The van der Waals surface area contributed by atoms with Crippen molar-refractivity contribution in [1.29, 1.82) is 0 Å². The van der Waals surface area contributed by atoms with Crippen LogP contribution in [-0.2, 0) is 0 Å². The maximum absolute atomic E-state index is 12.4. The zero-order chi connectivity index (χ0) is 15.6. The number of amides is 1. The number of halogens is 4. The van der Waals surface area contributed by atoms with Crippen LogP contribution in [0.3, 0.4) is 0 Å². The number of nitrogens with zero attached hydrogens (tertiary/aromatic N) is 1. The zero-order valence-electron chi connectivity index (χ0n) is 12.0. The first kappa shape index (κ1) is 19.1. The summed E-state index contributed by atoms with van der Waals surface area (Å²) >= 11 is -0.183. The van der Waals surface area contributed by atoms with E-state index in [1.807, 2.05) is 6.92 Å². The summed E-state index contributed by atoms with van der Waals surface area (Å²) in [5.41, 5.74) is 1.72. The Morgan fingerprint density at radius 3 is 2.41 bits per heavy atom. The lowest BCUT2D eigenvalue weighted by molar-refractivity contribution is -0.0328. The predicted molar refractivity (Wildman–Crippen MR) is 83.3 cm³/mol. The molecule has 1 aromatic carbocycles. The second kappa shape index (κ2) is 7.57. The third kappa shape index (κ3) is 4.79. The number of likely N-dealkylation sites (tertiary alicyclic amines) is 1. The molecular formula is C14H18ClF3N2OS. The second-order valence-electron chi connectivity index (χ2n) is 5.22. The molecule has 2 atom stereocenters. The molecule has 1 saturated heterocycles. The van der Waals surface area contributed by atoms with Gasteiger partial charge in [-0.2, -0.15) is 13.2 Å². The van der Waals surface area contributed by atoms with E-state index in [0.29, 0.717) is 24.6 Å². The van der Waals surface area contributed by atoms with Crippen LogP contribution in [0.1, 0.15) is 23.7 Å². The van der Waals surface area contributed by atoms with Crippen LogP contribution >= 0.6 is 24.2 Å². The van der Waals surface area contributed by atoms with E-state index in [9.17, 15) is 18.0 Å². The Morgan fingerprint density at radius 2 is 1.95 bits per heavy atom. The fraction of sp³-hybridized carbons (Fsp3) is 0.500. The zero-order valence-corrected chi connectivity index (χ0v) is 13.6. The van der Waals surface area contributed by atoms with Gasteiger partial charge >= 0.3 is 5.51 Å². The number of benzene rings is 1. The van der Waals surface area contributed by atoms with Gasteiger partial charge in [0.2, 0.25) is 0 Å². The van der Waals surface area contributed by atoms with Gasteiger partial charge in [0.15, 0.2) is 0 Å². The van der Waals surface area contributed by atoms with Crippen molar-refractivity contribution >= 4 is 30.1 Å². The Bertz CT molecular complexity index is 510. The number of hydrogen-bond donors (Lipinski definition) is 1. The SMILES string of the molecule is CC1CC(CN)CN1C(=O)c1ccc(SC(F)(F)F)cc1.Cl. The third-order valence-corrected chi connectivity index (χ3v) is 4.33. The molecule has 0 aromatic heterocycles. The summed E-state index contributed by atoms with van der Waals surface area (Å²) in [4.78, 5) is 14.2. The standard InChI is InChI=1S/C14H17F3N2OS.ClH/c1-9-6-10(7-18)8-19(9)13(20)11-2-4-12(5-3-11)21-14(15,16)17;/h2-5,9-10H,6-8,18H2,1H3;1H. The average Bonchev–Trinajstić information content (AvgIpc) is 2.78. The molecule has 2 unspecified atom stereocenters. The van der Waals surface area contributed by atoms with Crippen LogP contribution in [-0.4, -0.2) is 35.4 Å². The lowest BCUT2D eigenvalue weighted by Crippen LogP contribution is -2.34. The van der Waals surface area contributed by atoms with E-state index in [0.717, 1.165) is 6.42 Å². The first-order chi connectivity index (χ1) is 9.80. The molecule has 2 rings (SSSR count). The predicted octanol–water partition coefficient (Wildman–Crippen LogP) is 3.53. The fourth-order valence-corrected chi connectivity index (χ4v) is 3.10. The molecule has 124 valence electrons. The number of nitrogens with two attached hydrogens (primary N) is 1. The topological polar surface area (TPSA) is 46.3 Å². The van der Waals surface area contributed by atoms with Crippen LogP contribution in [0.15, 0.2) is 29.2 Å². The largest absolute Gasteiger partial charge is 0.446 e. The Balaban J connectivity index is 0.00000242. The van der Waals surface area contributed by atoms with E-state index in [1.54, 1.807) is 4.90 Å². The Kier molecular flexibility index (Phi) is 6.58. The van der Waals surface area contributed by atoms with Crippen LogP contribution in [0.5, 0.6) is 0 Å². The van der Waals surface area contributed by atoms with E-state index in [4.69, 9.17) is 5.73 Å². The molecule has 1 aliphatic heterocycles. The van der Waals surface area contributed by atoms with Crippen LogP contribution in [0.4, 0.5) is 13.2 Å². The van der Waals surface area contributed by atoms with Crippen LogP contribution in [0.2, 0.25) is 0 Å². The average molecular weight is 355 g/mol. The van der Waals surface area contributed by atoms with Gasteiger partial charge in [-0.05, 0) is 61.8 Å². The number of thioether (sulfide) groups is 1. The minimum absolute atomic E-state index is 0. The van der Waals surface area contributed by atoms with Crippen molar-refractivity contribution in [2.75, 3.05) is 13.1 Å². The summed E-state index contributed by atoms with van der Waals surface area (Å²) < 4.78 is 36.8. The molecule has 0 spiro atoms. The van der Waals surface area contributed by atoms with E-state index in [-0.39, 0.29) is 41.0 Å². The summed E-state index contributed by atoms with van der Waals surface area (Å²) in [5, 5.41) is 0. The first-order valence-corrected chi connectivity index (χ1v) is 7.48. The van der Waals surface area contributed by atoms with Gasteiger partial charge in [0.05, 0.1) is 0 Å². The van der Waals surface area contributed by atoms with Crippen molar-refractivity contribution in [3.05, 3.63) is 29.8 Å². The molecule has 1 fully saturated rings. The third-order valence-electron chi connectivity index (χ3n) is 3.59. The van der Waals surface area contributed by atoms with Gasteiger partial charge in [0.1, 0.15) is 0 Å². The molecule has 22 heavy (non-hydrogen) atoms. The molecule has 0 saturated carbocycles. The number of carbonyl (C=O) groups is 1. The van der Waals surface area contributed by atoms with E-state index in [1.165, 1.54) is 24.3 Å². The molecule has 0 bridgehead atoms. The molecule has 0 aliphatic carbocycles. The molecule has 1 amide bonds. The van der Waals surface area contributed by atoms with Gasteiger partial charge in [0, 0.05) is 23.0 Å². The Hall–Kier alpha value is -0.920. The fourth-order valence-electron chi connectivity index (χ4n) is 2.56. The van der Waals surface area contributed by atoms with Crippen LogP contribution in [0.25, 0.3) is 0 Å². The summed E-state index contributed by atoms with van der Waals surface area (Å²) in [6.07, 6.45) is 0.865. The summed E-state index contributed by atoms with van der Waals surface area (Å²) in [5.74, 6) is 0.144. The van der Waals surface area contributed by atoms with Crippen LogP contribution in [0, 0.1) is 5.92 Å².